The maximum absolute atomic E-state index is 12.9. The largest absolute Gasteiger partial charge is 0.483 e. The molecule has 3 amide bonds. The minimum absolute atomic E-state index is 0.147. The number of amides is 3. The van der Waals surface area contributed by atoms with Crippen molar-refractivity contribution < 1.29 is 19.1 Å². The van der Waals surface area contributed by atoms with Gasteiger partial charge in [0.15, 0.2) is 6.61 Å². The lowest BCUT2D eigenvalue weighted by molar-refractivity contribution is -0.123. The molecule has 0 heterocycles. The highest BCUT2D eigenvalue weighted by molar-refractivity contribution is 6.06. The fourth-order valence-corrected chi connectivity index (χ4v) is 3.86. The molecule has 0 radical (unpaired) electrons. The van der Waals surface area contributed by atoms with E-state index in [1.54, 1.807) is 24.3 Å². The Kier molecular flexibility index (Phi) is 8.25. The zero-order valence-corrected chi connectivity index (χ0v) is 20.7. The summed E-state index contributed by atoms with van der Waals surface area (Å²) in [5.41, 5.74) is 6.64. The van der Waals surface area contributed by atoms with Crippen LogP contribution in [0.3, 0.4) is 0 Å². The Hall–Kier alpha value is -4.13. The first-order valence-electron chi connectivity index (χ1n) is 11.4. The monoisotopic (exact) mass is 473 g/mol. The number of hydrogen-bond acceptors (Lipinski definition) is 4. The summed E-state index contributed by atoms with van der Waals surface area (Å²) in [7, 11) is 0. The summed E-state index contributed by atoms with van der Waals surface area (Å²) in [5, 5.41) is 8.57. The van der Waals surface area contributed by atoms with Gasteiger partial charge in [-0.3, -0.25) is 14.4 Å². The third kappa shape index (κ3) is 6.93. The second kappa shape index (κ2) is 11.3. The van der Waals surface area contributed by atoms with Crippen LogP contribution in [-0.2, 0) is 16.1 Å². The molecule has 7 nitrogen and oxygen atoms in total. The van der Waals surface area contributed by atoms with Crippen molar-refractivity contribution >= 4 is 29.1 Å². The van der Waals surface area contributed by atoms with E-state index in [0.717, 1.165) is 33.5 Å². The minimum Gasteiger partial charge on any atom is -0.483 e. The molecular formula is C28H31N3O4. The number of aryl methyl sites for hydroxylation is 3. The van der Waals surface area contributed by atoms with E-state index in [-0.39, 0.29) is 30.9 Å². The highest BCUT2D eigenvalue weighted by atomic mass is 16.5. The SMILES string of the molecule is CC(=O)Nc1c(C)ccc(CNC(=O)COc2ccccc2C(=O)Nc2cc(C)cc(C)c2)c1C. The number of hydrogen-bond donors (Lipinski definition) is 3. The molecule has 35 heavy (non-hydrogen) atoms. The van der Waals surface area contributed by atoms with Gasteiger partial charge in [-0.05, 0) is 79.8 Å². The highest BCUT2D eigenvalue weighted by Crippen LogP contribution is 2.24. The lowest BCUT2D eigenvalue weighted by atomic mass is 10.0. The van der Waals surface area contributed by atoms with Gasteiger partial charge in [-0.25, -0.2) is 0 Å². The molecule has 0 aromatic heterocycles. The lowest BCUT2D eigenvalue weighted by Crippen LogP contribution is -2.29. The normalized spacial score (nSPS) is 10.4. The van der Waals surface area contributed by atoms with Crippen molar-refractivity contribution in [3.05, 3.63) is 88.0 Å². The number of para-hydroxylation sites is 1. The van der Waals surface area contributed by atoms with E-state index in [2.05, 4.69) is 16.0 Å². The zero-order chi connectivity index (χ0) is 25.5. The van der Waals surface area contributed by atoms with Crippen molar-refractivity contribution in [3.8, 4) is 5.75 Å². The Morgan fingerprint density at radius 1 is 0.857 bits per heavy atom. The number of nitrogens with one attached hydrogen (secondary N) is 3. The van der Waals surface area contributed by atoms with Crippen LogP contribution in [-0.4, -0.2) is 24.3 Å². The summed E-state index contributed by atoms with van der Waals surface area (Å²) < 4.78 is 5.69. The second-order valence-electron chi connectivity index (χ2n) is 8.61. The average molecular weight is 474 g/mol. The summed E-state index contributed by atoms with van der Waals surface area (Å²) in [4.78, 5) is 36.8. The minimum atomic E-state index is -0.324. The average Bonchev–Trinajstić information content (AvgIpc) is 2.79. The fraction of sp³-hybridized carbons (Fsp3) is 0.250. The third-order valence-electron chi connectivity index (χ3n) is 5.53. The Bertz CT molecular complexity index is 1250. The zero-order valence-electron chi connectivity index (χ0n) is 20.7. The Labute approximate surface area is 205 Å². The first-order chi connectivity index (χ1) is 16.6. The Morgan fingerprint density at radius 2 is 1.54 bits per heavy atom. The van der Waals surface area contributed by atoms with Crippen molar-refractivity contribution in [2.45, 2.75) is 41.2 Å². The first kappa shape index (κ1) is 25.5. The Morgan fingerprint density at radius 3 is 2.23 bits per heavy atom. The van der Waals surface area contributed by atoms with Crippen molar-refractivity contribution in [2.24, 2.45) is 0 Å². The predicted octanol–water partition coefficient (Wildman–Crippen LogP) is 4.83. The Balaban J connectivity index is 1.62. The van der Waals surface area contributed by atoms with Crippen molar-refractivity contribution in [1.82, 2.24) is 5.32 Å². The van der Waals surface area contributed by atoms with Crippen LogP contribution < -0.4 is 20.7 Å². The van der Waals surface area contributed by atoms with Gasteiger partial charge in [0, 0.05) is 24.8 Å². The molecule has 0 saturated heterocycles. The van der Waals surface area contributed by atoms with E-state index in [1.807, 2.05) is 58.0 Å². The molecule has 182 valence electrons. The van der Waals surface area contributed by atoms with Gasteiger partial charge < -0.3 is 20.7 Å². The number of carbonyl (C=O) groups excluding carboxylic acids is 3. The molecule has 0 spiro atoms. The van der Waals surface area contributed by atoms with E-state index in [4.69, 9.17) is 4.74 Å². The number of ether oxygens (including phenoxy) is 1. The summed E-state index contributed by atoms with van der Waals surface area (Å²) in [5.74, 6) is -0.461. The van der Waals surface area contributed by atoms with Gasteiger partial charge in [0.05, 0.1) is 5.56 Å². The van der Waals surface area contributed by atoms with Crippen LogP contribution in [0.1, 0.15) is 45.1 Å². The van der Waals surface area contributed by atoms with E-state index < -0.39 is 0 Å². The van der Waals surface area contributed by atoms with Crippen LogP contribution in [0.5, 0.6) is 5.75 Å². The van der Waals surface area contributed by atoms with Gasteiger partial charge in [0.1, 0.15) is 5.75 Å². The van der Waals surface area contributed by atoms with Gasteiger partial charge in [-0.1, -0.05) is 30.3 Å². The summed E-state index contributed by atoms with van der Waals surface area (Å²) >= 11 is 0. The fourth-order valence-electron chi connectivity index (χ4n) is 3.86. The summed E-state index contributed by atoms with van der Waals surface area (Å²) in [6.07, 6.45) is 0. The molecule has 0 bridgehead atoms. The van der Waals surface area contributed by atoms with Crippen LogP contribution in [0, 0.1) is 27.7 Å². The van der Waals surface area contributed by atoms with Crippen molar-refractivity contribution in [1.29, 1.82) is 0 Å². The molecule has 7 heteroatoms. The molecule has 0 saturated carbocycles. The molecule has 3 rings (SSSR count). The van der Waals surface area contributed by atoms with Crippen molar-refractivity contribution in [3.63, 3.8) is 0 Å². The lowest BCUT2D eigenvalue weighted by Gasteiger charge is -2.16. The standard InChI is InChI=1S/C28H31N3O4/c1-17-12-18(2)14-23(13-17)31-28(34)24-8-6-7-9-25(24)35-16-26(33)29-15-22-11-10-19(3)27(20(22)4)30-21(5)32/h6-14H,15-16H2,1-5H3,(H,29,33)(H,30,32)(H,31,34). The summed E-state index contributed by atoms with van der Waals surface area (Å²) in [6, 6.07) is 16.5. The first-order valence-corrected chi connectivity index (χ1v) is 11.4. The quantitative estimate of drug-likeness (QED) is 0.437. The number of benzene rings is 3. The summed E-state index contributed by atoms with van der Waals surface area (Å²) in [6.45, 7) is 9.27. The van der Waals surface area contributed by atoms with Gasteiger partial charge >= 0.3 is 0 Å². The van der Waals surface area contributed by atoms with E-state index >= 15 is 0 Å². The van der Waals surface area contributed by atoms with Crippen LogP contribution in [0.15, 0.2) is 54.6 Å². The molecule has 3 N–H and O–H groups in total. The maximum Gasteiger partial charge on any atom is 0.259 e. The molecule has 0 aliphatic carbocycles. The number of anilines is 2. The van der Waals surface area contributed by atoms with Crippen LogP contribution >= 0.6 is 0 Å². The topological polar surface area (TPSA) is 96.5 Å². The molecular weight excluding hydrogens is 442 g/mol. The van der Waals surface area contributed by atoms with E-state index in [9.17, 15) is 14.4 Å². The number of rotatable bonds is 8. The predicted molar refractivity (Wildman–Crippen MR) is 138 cm³/mol. The van der Waals surface area contributed by atoms with Crippen LogP contribution in [0.4, 0.5) is 11.4 Å². The highest BCUT2D eigenvalue weighted by Gasteiger charge is 2.15. The third-order valence-corrected chi connectivity index (χ3v) is 5.53. The second-order valence-corrected chi connectivity index (χ2v) is 8.61. The number of carbonyl (C=O) groups is 3. The molecule has 0 aliphatic rings. The molecule has 0 unspecified atom stereocenters. The van der Waals surface area contributed by atoms with Crippen molar-refractivity contribution in [2.75, 3.05) is 17.2 Å². The molecule has 3 aromatic rings. The smallest absolute Gasteiger partial charge is 0.259 e. The molecule has 0 fully saturated rings. The van der Waals surface area contributed by atoms with Crippen LogP contribution in [0.2, 0.25) is 0 Å². The molecule has 0 atom stereocenters. The van der Waals surface area contributed by atoms with E-state index in [0.29, 0.717) is 17.0 Å². The van der Waals surface area contributed by atoms with Gasteiger partial charge in [0.2, 0.25) is 5.91 Å². The molecule has 0 aliphatic heterocycles. The van der Waals surface area contributed by atoms with Gasteiger partial charge in [-0.2, -0.15) is 0 Å². The molecule has 3 aromatic carbocycles. The van der Waals surface area contributed by atoms with E-state index in [1.165, 1.54) is 6.92 Å². The van der Waals surface area contributed by atoms with Gasteiger partial charge in [-0.15, -0.1) is 0 Å². The maximum atomic E-state index is 12.9. The van der Waals surface area contributed by atoms with Gasteiger partial charge in [0.25, 0.3) is 11.8 Å². The van der Waals surface area contributed by atoms with Crippen LogP contribution in [0.25, 0.3) is 0 Å².